The number of allylic oxidation sites excluding steroid dienone is 2. The van der Waals surface area contributed by atoms with Crippen LogP contribution in [0.4, 0.5) is 0 Å². The molecule has 1 aliphatic rings. The van der Waals surface area contributed by atoms with E-state index in [-0.39, 0.29) is 5.92 Å². The molecule has 0 aromatic carbocycles. The molecule has 0 amide bonds. The van der Waals surface area contributed by atoms with Gasteiger partial charge in [0.2, 0.25) is 0 Å². The Morgan fingerprint density at radius 2 is 2.25 bits per heavy atom. The summed E-state index contributed by atoms with van der Waals surface area (Å²) in [6, 6.07) is 0. The Labute approximate surface area is 74.9 Å². The minimum atomic E-state index is 0.203. The third-order valence-electron chi connectivity index (χ3n) is 2.67. The van der Waals surface area contributed by atoms with E-state index in [2.05, 4.69) is 26.8 Å². The van der Waals surface area contributed by atoms with Gasteiger partial charge >= 0.3 is 0 Å². The largest absolute Gasteiger partial charge is 0.303 e. The Bertz CT molecular complexity index is 191. The lowest BCUT2D eigenvalue weighted by Crippen LogP contribution is -2.18. The third kappa shape index (κ3) is 1.96. The molecule has 1 nitrogen and oxygen atoms in total. The monoisotopic (exact) mass is 166 g/mol. The van der Waals surface area contributed by atoms with Crippen LogP contribution in [0.1, 0.15) is 33.6 Å². The summed E-state index contributed by atoms with van der Waals surface area (Å²) in [5, 5.41) is 0. The van der Waals surface area contributed by atoms with Crippen LogP contribution in [0.3, 0.4) is 0 Å². The number of aldehydes is 1. The van der Waals surface area contributed by atoms with E-state index in [1.165, 1.54) is 5.57 Å². The van der Waals surface area contributed by atoms with Crippen molar-refractivity contribution in [1.29, 1.82) is 0 Å². The fourth-order valence-electron chi connectivity index (χ4n) is 1.95. The van der Waals surface area contributed by atoms with E-state index in [0.717, 1.165) is 19.1 Å². The molecule has 0 radical (unpaired) electrons. The summed E-state index contributed by atoms with van der Waals surface area (Å²) in [5.74, 6) is 1.42. The van der Waals surface area contributed by atoms with E-state index in [1.54, 1.807) is 0 Å². The van der Waals surface area contributed by atoms with Gasteiger partial charge in [0.15, 0.2) is 0 Å². The summed E-state index contributed by atoms with van der Waals surface area (Å²) >= 11 is 0. The summed E-state index contributed by atoms with van der Waals surface area (Å²) in [5.41, 5.74) is 1.35. The molecule has 0 bridgehead atoms. The number of carbonyl (C=O) groups excluding carboxylic acids is 1. The predicted octanol–water partition coefficient (Wildman–Crippen LogP) is 2.81. The first kappa shape index (κ1) is 9.50. The summed E-state index contributed by atoms with van der Waals surface area (Å²) < 4.78 is 0. The van der Waals surface area contributed by atoms with Crippen molar-refractivity contribution in [2.75, 3.05) is 0 Å². The second-order valence-corrected chi connectivity index (χ2v) is 4.18. The maximum absolute atomic E-state index is 10.8. The van der Waals surface area contributed by atoms with Crippen LogP contribution in [0.25, 0.3) is 0 Å². The van der Waals surface area contributed by atoms with Gasteiger partial charge in [-0.2, -0.15) is 0 Å². The van der Waals surface area contributed by atoms with Gasteiger partial charge in [0, 0.05) is 5.92 Å². The Hall–Kier alpha value is -0.590. The predicted molar refractivity (Wildman–Crippen MR) is 50.9 cm³/mol. The molecular formula is C11H18O. The topological polar surface area (TPSA) is 17.1 Å². The zero-order chi connectivity index (χ0) is 9.14. The lowest BCUT2D eigenvalue weighted by molar-refractivity contribution is -0.110. The third-order valence-corrected chi connectivity index (χ3v) is 2.67. The lowest BCUT2D eigenvalue weighted by Gasteiger charge is -2.26. The van der Waals surface area contributed by atoms with Crippen LogP contribution in [0.2, 0.25) is 0 Å². The molecule has 0 fully saturated rings. The van der Waals surface area contributed by atoms with Crippen molar-refractivity contribution in [1.82, 2.24) is 0 Å². The normalized spacial score (nSPS) is 30.2. The van der Waals surface area contributed by atoms with Crippen molar-refractivity contribution in [3.8, 4) is 0 Å². The van der Waals surface area contributed by atoms with Crippen LogP contribution in [0.5, 0.6) is 0 Å². The smallest absolute Gasteiger partial charge is 0.127 e. The standard InChI is InChI=1S/C11H18O/c1-8(2)11-5-4-9(3)6-10(11)7-12/h5,7-10H,4,6H2,1-3H3. The van der Waals surface area contributed by atoms with Crippen molar-refractivity contribution >= 4 is 6.29 Å². The summed E-state index contributed by atoms with van der Waals surface area (Å²) in [7, 11) is 0. The van der Waals surface area contributed by atoms with Gasteiger partial charge < -0.3 is 4.79 Å². The van der Waals surface area contributed by atoms with E-state index in [0.29, 0.717) is 11.8 Å². The highest BCUT2D eigenvalue weighted by atomic mass is 16.1. The molecule has 0 heterocycles. The molecule has 1 heteroatoms. The van der Waals surface area contributed by atoms with Crippen molar-refractivity contribution in [2.24, 2.45) is 17.8 Å². The molecule has 68 valence electrons. The number of hydrogen-bond donors (Lipinski definition) is 0. The van der Waals surface area contributed by atoms with Crippen molar-refractivity contribution in [3.63, 3.8) is 0 Å². The van der Waals surface area contributed by atoms with Crippen LogP contribution in [0, 0.1) is 17.8 Å². The minimum absolute atomic E-state index is 0.203. The molecule has 2 atom stereocenters. The van der Waals surface area contributed by atoms with Crippen LogP contribution < -0.4 is 0 Å². The van der Waals surface area contributed by atoms with Gasteiger partial charge in [-0.05, 0) is 24.7 Å². The second kappa shape index (κ2) is 3.88. The van der Waals surface area contributed by atoms with Crippen LogP contribution in [-0.2, 0) is 4.79 Å². The zero-order valence-electron chi connectivity index (χ0n) is 8.21. The minimum Gasteiger partial charge on any atom is -0.303 e. The quantitative estimate of drug-likeness (QED) is 0.455. The molecule has 0 aromatic heterocycles. The van der Waals surface area contributed by atoms with Gasteiger partial charge in [-0.25, -0.2) is 0 Å². The molecule has 0 aliphatic heterocycles. The first-order valence-corrected chi connectivity index (χ1v) is 4.80. The molecule has 12 heavy (non-hydrogen) atoms. The highest BCUT2D eigenvalue weighted by molar-refractivity contribution is 5.59. The first-order valence-electron chi connectivity index (χ1n) is 4.80. The van der Waals surface area contributed by atoms with E-state index >= 15 is 0 Å². The van der Waals surface area contributed by atoms with E-state index in [4.69, 9.17) is 0 Å². The van der Waals surface area contributed by atoms with E-state index < -0.39 is 0 Å². The second-order valence-electron chi connectivity index (χ2n) is 4.18. The maximum atomic E-state index is 10.8. The van der Waals surface area contributed by atoms with Crippen molar-refractivity contribution in [2.45, 2.75) is 33.6 Å². The Kier molecular flexibility index (Phi) is 3.07. The number of hydrogen-bond acceptors (Lipinski definition) is 1. The summed E-state index contributed by atoms with van der Waals surface area (Å²) in [6.07, 6.45) is 5.57. The molecule has 1 rings (SSSR count). The molecule has 0 spiro atoms. The van der Waals surface area contributed by atoms with Gasteiger partial charge in [-0.1, -0.05) is 32.4 Å². The molecule has 1 aliphatic carbocycles. The van der Waals surface area contributed by atoms with Gasteiger partial charge in [-0.15, -0.1) is 0 Å². The molecule has 0 saturated carbocycles. The van der Waals surface area contributed by atoms with Crippen LogP contribution in [0.15, 0.2) is 11.6 Å². The van der Waals surface area contributed by atoms with Crippen LogP contribution in [-0.4, -0.2) is 6.29 Å². The average Bonchev–Trinajstić information content (AvgIpc) is 2.03. The van der Waals surface area contributed by atoms with Gasteiger partial charge in [-0.3, -0.25) is 0 Å². The van der Waals surface area contributed by atoms with Gasteiger partial charge in [0.1, 0.15) is 6.29 Å². The highest BCUT2D eigenvalue weighted by Gasteiger charge is 2.22. The first-order chi connectivity index (χ1) is 5.65. The Balaban J connectivity index is 2.75. The highest BCUT2D eigenvalue weighted by Crippen LogP contribution is 2.31. The van der Waals surface area contributed by atoms with Gasteiger partial charge in [0.05, 0.1) is 0 Å². The number of carbonyl (C=O) groups is 1. The summed E-state index contributed by atoms with van der Waals surface area (Å²) in [6.45, 7) is 6.54. The average molecular weight is 166 g/mol. The van der Waals surface area contributed by atoms with E-state index in [9.17, 15) is 4.79 Å². The van der Waals surface area contributed by atoms with E-state index in [1.807, 2.05) is 0 Å². The summed E-state index contributed by atoms with van der Waals surface area (Å²) in [4.78, 5) is 10.8. The van der Waals surface area contributed by atoms with Crippen molar-refractivity contribution < 1.29 is 4.79 Å². The fraction of sp³-hybridized carbons (Fsp3) is 0.727. The molecule has 0 aromatic rings. The maximum Gasteiger partial charge on any atom is 0.127 e. The molecule has 0 N–H and O–H groups in total. The number of rotatable bonds is 2. The zero-order valence-corrected chi connectivity index (χ0v) is 8.21. The molecule has 2 unspecified atom stereocenters. The Morgan fingerprint density at radius 3 is 2.75 bits per heavy atom. The molecule has 0 saturated heterocycles. The van der Waals surface area contributed by atoms with Crippen LogP contribution >= 0.6 is 0 Å². The van der Waals surface area contributed by atoms with Crippen molar-refractivity contribution in [3.05, 3.63) is 11.6 Å². The lowest BCUT2D eigenvalue weighted by atomic mass is 9.78. The Morgan fingerprint density at radius 1 is 1.58 bits per heavy atom. The fourth-order valence-corrected chi connectivity index (χ4v) is 1.95. The van der Waals surface area contributed by atoms with Gasteiger partial charge in [0.25, 0.3) is 0 Å². The SMILES string of the molecule is CC1CC=C(C(C)C)C(C=O)C1. The molecular weight excluding hydrogens is 148 g/mol.